The van der Waals surface area contributed by atoms with Crippen molar-refractivity contribution < 1.29 is 94.5 Å². The average Bonchev–Trinajstić information content (AvgIpc) is 1.54. The van der Waals surface area contributed by atoms with Gasteiger partial charge in [0, 0.05) is 0 Å². The van der Waals surface area contributed by atoms with Crippen LogP contribution in [-0.2, 0) is 0 Å². The minimum Gasteiger partial charge on any atom is -0.832 e. The first kappa shape index (κ1) is 23.9. The van der Waals surface area contributed by atoms with E-state index >= 15 is 0 Å². The summed E-state index contributed by atoms with van der Waals surface area (Å²) in [6.45, 7) is 0. The van der Waals surface area contributed by atoms with Crippen LogP contribution in [0.4, 0.5) is 12.9 Å². The van der Waals surface area contributed by atoms with Crippen molar-refractivity contribution in [3.05, 3.63) is 0 Å². The summed E-state index contributed by atoms with van der Waals surface area (Å²) < 4.78 is 29.0. The molecule has 0 bridgehead atoms. The second kappa shape index (κ2) is 19.0. The molecule has 0 aromatic heterocycles. The topological polar surface area (TPSA) is 124 Å². The molecule has 0 fully saturated rings. The van der Waals surface area contributed by atoms with Crippen molar-refractivity contribution in [2.45, 2.75) is 0 Å². The summed E-state index contributed by atoms with van der Waals surface area (Å²) in [5.41, 5.74) is 0. The maximum absolute atomic E-state index is 9.67. The van der Waals surface area contributed by atoms with Crippen molar-refractivity contribution in [2.24, 2.45) is 0 Å². The van der Waals surface area contributed by atoms with Crippen LogP contribution in [0.5, 0.6) is 0 Å². The van der Waals surface area contributed by atoms with Crippen molar-refractivity contribution in [1.82, 2.24) is 0 Å². The van der Waals surface area contributed by atoms with Crippen LogP contribution in [0.15, 0.2) is 0 Å². The molecule has 0 aromatic carbocycles. The van der Waals surface area contributed by atoms with Crippen LogP contribution in [0.25, 0.3) is 0 Å². The molecule has 13 heteroatoms. The molecule has 0 saturated heterocycles. The standard InChI is InChI=1S/BF3.BH3O3.BH2O3.K/c3*2-1(3)4;/h;2-4H;2-3H;/q;;-1;+1. The molecule has 0 aliphatic heterocycles. The van der Waals surface area contributed by atoms with Gasteiger partial charge in [0.1, 0.15) is 0 Å². The third-order valence-corrected chi connectivity index (χ3v) is 0. The summed E-state index contributed by atoms with van der Waals surface area (Å²) in [5.74, 6) is 0. The molecule has 0 atom stereocenters. The quantitative estimate of drug-likeness (QED) is 0.263. The number of hydrogen-bond acceptors (Lipinski definition) is 6. The molecular formula is H5B3F3KO6. The Labute approximate surface area is 115 Å². The fourth-order valence-corrected chi connectivity index (χ4v) is 0. The molecule has 0 amide bonds. The van der Waals surface area contributed by atoms with Crippen molar-refractivity contribution in [1.29, 1.82) is 0 Å². The van der Waals surface area contributed by atoms with Gasteiger partial charge >= 0.3 is 73.6 Å². The van der Waals surface area contributed by atoms with E-state index in [9.17, 15) is 12.9 Å². The zero-order chi connectivity index (χ0) is 10.7. The Kier molecular flexibility index (Phi) is 35.0. The van der Waals surface area contributed by atoms with Crippen LogP contribution >= 0.6 is 0 Å². The van der Waals surface area contributed by atoms with Gasteiger partial charge in [-0.3, -0.25) is 12.9 Å². The van der Waals surface area contributed by atoms with E-state index in [-0.39, 0.29) is 51.4 Å². The Hall–Kier alpha value is 1.38. The zero-order valence-electron chi connectivity index (χ0n) is 6.51. The van der Waals surface area contributed by atoms with E-state index in [4.69, 9.17) is 30.1 Å². The maximum atomic E-state index is 9.67. The predicted molar refractivity (Wildman–Crippen MR) is 31.7 cm³/mol. The summed E-state index contributed by atoms with van der Waals surface area (Å²) in [6, 6.07) is 0. The first-order valence-electron chi connectivity index (χ1n) is 2.18. The maximum Gasteiger partial charge on any atom is 1.00 e. The Morgan fingerprint density at radius 2 is 0.846 bits per heavy atom. The smallest absolute Gasteiger partial charge is 0.832 e. The van der Waals surface area contributed by atoms with Gasteiger partial charge in [0.2, 0.25) is 0 Å². The van der Waals surface area contributed by atoms with Gasteiger partial charge in [-0.05, 0) is 0 Å². The molecule has 0 saturated carbocycles. The summed E-state index contributed by atoms with van der Waals surface area (Å²) in [4.78, 5) is 0. The summed E-state index contributed by atoms with van der Waals surface area (Å²) in [7, 11) is -8.25. The second-order valence-corrected chi connectivity index (χ2v) is 0.920. The molecule has 6 nitrogen and oxygen atoms in total. The molecule has 72 valence electrons. The van der Waals surface area contributed by atoms with Gasteiger partial charge in [0.25, 0.3) is 0 Å². The predicted octanol–water partition coefficient (Wildman–Crippen LogP) is -6.85. The summed E-state index contributed by atoms with van der Waals surface area (Å²) >= 11 is 0. The Morgan fingerprint density at radius 1 is 0.846 bits per heavy atom. The molecule has 5 N–H and O–H groups in total. The van der Waals surface area contributed by atoms with Gasteiger partial charge in [-0.25, -0.2) is 0 Å². The number of rotatable bonds is 0. The molecule has 0 rings (SSSR count). The van der Waals surface area contributed by atoms with Gasteiger partial charge in [0.15, 0.2) is 0 Å². The van der Waals surface area contributed by atoms with E-state index in [0.717, 1.165) is 0 Å². The monoisotopic (exact) mass is 230 g/mol. The van der Waals surface area contributed by atoms with E-state index < -0.39 is 22.2 Å². The van der Waals surface area contributed by atoms with Gasteiger partial charge in [-0.1, -0.05) is 0 Å². The van der Waals surface area contributed by atoms with Gasteiger partial charge < -0.3 is 30.1 Å². The van der Waals surface area contributed by atoms with Crippen molar-refractivity contribution in [3.8, 4) is 0 Å². The Morgan fingerprint density at radius 3 is 0.846 bits per heavy atom. The third-order valence-electron chi connectivity index (χ3n) is 0. The zero-order valence-corrected chi connectivity index (χ0v) is 9.63. The molecule has 0 heterocycles. The number of halogens is 3. The molecule has 0 aliphatic rings. The fraction of sp³-hybridized carbons (Fsp3) is 0. The average molecular weight is 230 g/mol. The molecule has 0 unspecified atom stereocenters. The van der Waals surface area contributed by atoms with Gasteiger partial charge in [-0.15, -0.1) is 0 Å². The van der Waals surface area contributed by atoms with Crippen LogP contribution in [0.2, 0.25) is 0 Å². The first-order chi connectivity index (χ1) is 5.20. The van der Waals surface area contributed by atoms with Crippen LogP contribution in [0.3, 0.4) is 0 Å². The van der Waals surface area contributed by atoms with Crippen LogP contribution in [0.1, 0.15) is 0 Å². The van der Waals surface area contributed by atoms with Gasteiger partial charge in [0.05, 0.1) is 0 Å². The van der Waals surface area contributed by atoms with Crippen molar-refractivity contribution in [3.63, 3.8) is 0 Å². The minimum atomic E-state index is -3.67. The number of hydrogen-bond donors (Lipinski definition) is 5. The first-order valence-corrected chi connectivity index (χ1v) is 2.18. The van der Waals surface area contributed by atoms with E-state index in [1.807, 2.05) is 0 Å². The molecule has 13 heavy (non-hydrogen) atoms. The minimum absolute atomic E-state index is 0. The van der Waals surface area contributed by atoms with E-state index in [2.05, 4.69) is 0 Å². The summed E-state index contributed by atoms with van der Waals surface area (Å²) in [6.07, 6.45) is 0. The van der Waals surface area contributed by atoms with Crippen LogP contribution < -0.4 is 56.4 Å². The Bertz CT molecular complexity index is 51.6. The largest absolute Gasteiger partial charge is 1.00 e. The van der Waals surface area contributed by atoms with Gasteiger partial charge in [-0.2, -0.15) is 0 Å². The normalized spacial score (nSPS) is 6.23. The Balaban J connectivity index is -0.0000000450. The SMILES string of the molecule is FB(F)F.OB(O)O.[K+].[O-]B(O)O. The second-order valence-electron chi connectivity index (χ2n) is 0.920. The molecular weight excluding hydrogens is 225 g/mol. The van der Waals surface area contributed by atoms with Crippen LogP contribution in [-0.4, -0.2) is 47.3 Å². The molecule has 0 spiro atoms. The molecule has 0 radical (unpaired) electrons. The molecule has 0 aromatic rings. The van der Waals surface area contributed by atoms with E-state index in [0.29, 0.717) is 0 Å². The van der Waals surface area contributed by atoms with E-state index in [1.54, 1.807) is 0 Å². The van der Waals surface area contributed by atoms with Crippen LogP contribution in [0, 0.1) is 0 Å². The van der Waals surface area contributed by atoms with Crippen molar-refractivity contribution >= 4 is 22.2 Å². The van der Waals surface area contributed by atoms with E-state index in [1.165, 1.54) is 0 Å². The fourth-order valence-electron chi connectivity index (χ4n) is 0. The third kappa shape index (κ3) is 909. The summed E-state index contributed by atoms with van der Waals surface area (Å²) in [5, 5.41) is 44.2. The molecule has 0 aliphatic carbocycles. The van der Waals surface area contributed by atoms with Crippen molar-refractivity contribution in [2.75, 3.05) is 0 Å².